The third-order valence-electron chi connectivity index (χ3n) is 3.70. The Morgan fingerprint density at radius 3 is 1.89 bits per heavy atom. The topological polar surface area (TPSA) is 117 Å². The van der Waals surface area contributed by atoms with Crippen LogP contribution < -0.4 is 14.2 Å². The molecule has 10 heteroatoms. The second-order valence-corrected chi connectivity index (χ2v) is 7.05. The molecule has 0 saturated heterocycles. The molecule has 0 aliphatic rings. The van der Waals surface area contributed by atoms with Crippen molar-refractivity contribution in [3.8, 4) is 11.5 Å². The standard InChI is InChI=1S/C18H19NO8S/c1-24-13-8-12(9-14(10-13)25-2)19-28(22,23)16-7-11(17(20)26-3)5-6-15(16)18(21)27-4/h5-10,19H,1-4H3. The molecule has 0 atom stereocenters. The van der Waals surface area contributed by atoms with Crippen molar-refractivity contribution in [1.82, 2.24) is 0 Å². The van der Waals surface area contributed by atoms with Crippen molar-refractivity contribution in [3.05, 3.63) is 47.5 Å². The van der Waals surface area contributed by atoms with Crippen LogP contribution in [0.4, 0.5) is 5.69 Å². The van der Waals surface area contributed by atoms with E-state index >= 15 is 0 Å². The lowest BCUT2D eigenvalue weighted by Crippen LogP contribution is -2.19. The van der Waals surface area contributed by atoms with E-state index in [0.29, 0.717) is 11.5 Å². The van der Waals surface area contributed by atoms with Gasteiger partial charge >= 0.3 is 11.9 Å². The van der Waals surface area contributed by atoms with Crippen LogP contribution in [0.15, 0.2) is 41.3 Å². The quantitative estimate of drug-likeness (QED) is 0.691. The SMILES string of the molecule is COC(=O)c1ccc(C(=O)OC)c(S(=O)(=O)Nc2cc(OC)cc(OC)c2)c1. The van der Waals surface area contributed by atoms with Crippen molar-refractivity contribution in [3.63, 3.8) is 0 Å². The van der Waals surface area contributed by atoms with Crippen LogP contribution in [0.25, 0.3) is 0 Å². The first kappa shape index (κ1) is 21.0. The van der Waals surface area contributed by atoms with Crippen LogP contribution in [-0.4, -0.2) is 48.8 Å². The number of anilines is 1. The zero-order valence-corrected chi connectivity index (χ0v) is 16.5. The highest BCUT2D eigenvalue weighted by molar-refractivity contribution is 7.92. The third kappa shape index (κ3) is 4.52. The molecule has 0 aliphatic carbocycles. The number of nitrogens with one attached hydrogen (secondary N) is 1. The molecule has 150 valence electrons. The van der Waals surface area contributed by atoms with Gasteiger partial charge in [-0.2, -0.15) is 0 Å². The molecule has 2 rings (SSSR count). The van der Waals surface area contributed by atoms with Crippen LogP contribution in [0.2, 0.25) is 0 Å². The van der Waals surface area contributed by atoms with Crippen LogP contribution >= 0.6 is 0 Å². The largest absolute Gasteiger partial charge is 0.497 e. The molecule has 2 aromatic rings. The molecule has 1 N–H and O–H groups in total. The van der Waals surface area contributed by atoms with Crippen molar-refractivity contribution in [2.24, 2.45) is 0 Å². The van der Waals surface area contributed by atoms with Gasteiger partial charge < -0.3 is 18.9 Å². The van der Waals surface area contributed by atoms with Gasteiger partial charge in [0.15, 0.2) is 0 Å². The Kier molecular flexibility index (Phi) is 6.47. The number of esters is 2. The van der Waals surface area contributed by atoms with Gasteiger partial charge in [-0.15, -0.1) is 0 Å². The molecule has 0 bridgehead atoms. The normalized spacial score (nSPS) is 10.7. The maximum absolute atomic E-state index is 13.0. The Hall–Kier alpha value is -3.27. The minimum atomic E-state index is -4.28. The molecule has 9 nitrogen and oxygen atoms in total. The molecular weight excluding hydrogens is 390 g/mol. The molecule has 0 heterocycles. The predicted octanol–water partition coefficient (Wildman–Crippen LogP) is 2.08. The fraction of sp³-hybridized carbons (Fsp3) is 0.222. The van der Waals surface area contributed by atoms with Gasteiger partial charge in [0.1, 0.15) is 16.4 Å². The average Bonchev–Trinajstić information content (AvgIpc) is 2.71. The van der Waals surface area contributed by atoms with E-state index in [4.69, 9.17) is 9.47 Å². The molecule has 0 unspecified atom stereocenters. The molecule has 2 aromatic carbocycles. The molecule has 0 radical (unpaired) electrons. The van der Waals surface area contributed by atoms with E-state index in [0.717, 1.165) is 20.3 Å². The van der Waals surface area contributed by atoms with Gasteiger partial charge in [0.2, 0.25) is 0 Å². The number of carbonyl (C=O) groups is 2. The van der Waals surface area contributed by atoms with Gasteiger partial charge in [0.25, 0.3) is 10.0 Å². The molecule has 0 aromatic heterocycles. The van der Waals surface area contributed by atoms with Crippen molar-refractivity contribution in [2.45, 2.75) is 4.90 Å². The lowest BCUT2D eigenvalue weighted by molar-refractivity contribution is 0.0583. The highest BCUT2D eigenvalue weighted by atomic mass is 32.2. The summed E-state index contributed by atoms with van der Waals surface area (Å²) in [4.78, 5) is 23.4. The summed E-state index contributed by atoms with van der Waals surface area (Å²) in [6.07, 6.45) is 0. The molecule has 0 spiro atoms. The lowest BCUT2D eigenvalue weighted by atomic mass is 10.1. The molecule has 0 fully saturated rings. The number of ether oxygens (including phenoxy) is 4. The van der Waals surface area contributed by atoms with E-state index in [1.54, 1.807) is 6.07 Å². The summed E-state index contributed by atoms with van der Waals surface area (Å²) in [6.45, 7) is 0. The first-order valence-corrected chi connectivity index (χ1v) is 9.30. The minimum Gasteiger partial charge on any atom is -0.497 e. The summed E-state index contributed by atoms with van der Waals surface area (Å²) in [5.41, 5.74) is -0.147. The number of rotatable bonds is 7. The van der Waals surface area contributed by atoms with Crippen molar-refractivity contribution in [1.29, 1.82) is 0 Å². The van der Waals surface area contributed by atoms with Crippen molar-refractivity contribution < 1.29 is 37.0 Å². The van der Waals surface area contributed by atoms with Gasteiger partial charge in [-0.05, 0) is 18.2 Å². The number of hydrogen-bond donors (Lipinski definition) is 1. The summed E-state index contributed by atoms with van der Waals surface area (Å²) in [6, 6.07) is 7.92. The molecular formula is C18H19NO8S. The molecule has 0 aliphatic heterocycles. The highest BCUT2D eigenvalue weighted by Crippen LogP contribution is 2.29. The molecule has 28 heavy (non-hydrogen) atoms. The van der Waals surface area contributed by atoms with Crippen molar-refractivity contribution in [2.75, 3.05) is 33.2 Å². The number of methoxy groups -OCH3 is 4. The third-order valence-corrected chi connectivity index (χ3v) is 5.12. The van der Waals surface area contributed by atoms with Gasteiger partial charge in [-0.1, -0.05) is 0 Å². The number of hydrogen-bond acceptors (Lipinski definition) is 8. The minimum absolute atomic E-state index is 0.0428. The first-order valence-electron chi connectivity index (χ1n) is 7.82. The average molecular weight is 409 g/mol. The Morgan fingerprint density at radius 2 is 1.39 bits per heavy atom. The summed E-state index contributed by atoms with van der Waals surface area (Å²) >= 11 is 0. The zero-order valence-electron chi connectivity index (χ0n) is 15.6. The van der Waals surface area contributed by atoms with Crippen LogP contribution in [0, 0.1) is 0 Å². The predicted molar refractivity (Wildman–Crippen MR) is 99.5 cm³/mol. The summed E-state index contributed by atoms with van der Waals surface area (Å²) in [5.74, 6) is -0.918. The van der Waals surface area contributed by atoms with Crippen LogP contribution in [0.3, 0.4) is 0 Å². The Morgan fingerprint density at radius 1 is 0.821 bits per heavy atom. The van der Waals surface area contributed by atoms with Gasteiger partial charge in [0.05, 0.1) is 45.3 Å². The summed E-state index contributed by atoms with van der Waals surface area (Å²) in [7, 11) is 0.831. The Bertz CT molecular complexity index is 978. The molecule has 0 saturated carbocycles. The van der Waals surface area contributed by atoms with Gasteiger partial charge in [0, 0.05) is 18.2 Å². The van der Waals surface area contributed by atoms with Gasteiger partial charge in [-0.25, -0.2) is 18.0 Å². The number of benzene rings is 2. The molecule has 0 amide bonds. The van der Waals surface area contributed by atoms with Crippen LogP contribution in [0.5, 0.6) is 11.5 Å². The van der Waals surface area contributed by atoms with Crippen molar-refractivity contribution >= 4 is 27.6 Å². The fourth-order valence-electron chi connectivity index (χ4n) is 2.34. The summed E-state index contributed by atoms with van der Waals surface area (Å²) in [5, 5.41) is 0. The maximum Gasteiger partial charge on any atom is 0.339 e. The monoisotopic (exact) mass is 409 g/mol. The van der Waals surface area contributed by atoms with E-state index < -0.39 is 26.9 Å². The lowest BCUT2D eigenvalue weighted by Gasteiger charge is -2.14. The zero-order chi connectivity index (χ0) is 20.9. The first-order chi connectivity index (χ1) is 13.2. The van der Waals surface area contributed by atoms with Crippen LogP contribution in [0.1, 0.15) is 20.7 Å². The van der Waals surface area contributed by atoms with E-state index in [2.05, 4.69) is 14.2 Å². The second-order valence-electron chi connectivity index (χ2n) is 5.40. The van der Waals surface area contributed by atoms with E-state index in [-0.39, 0.29) is 16.8 Å². The Labute approximate surface area is 162 Å². The fourth-order valence-corrected chi connectivity index (χ4v) is 3.61. The van der Waals surface area contributed by atoms with E-state index in [1.807, 2.05) is 0 Å². The number of sulfonamides is 1. The van der Waals surface area contributed by atoms with Crippen LogP contribution in [-0.2, 0) is 19.5 Å². The maximum atomic E-state index is 13.0. The van der Waals surface area contributed by atoms with E-state index in [9.17, 15) is 18.0 Å². The number of carbonyl (C=O) groups excluding carboxylic acids is 2. The van der Waals surface area contributed by atoms with E-state index in [1.165, 1.54) is 38.5 Å². The smallest absolute Gasteiger partial charge is 0.339 e. The Balaban J connectivity index is 2.57. The highest BCUT2D eigenvalue weighted by Gasteiger charge is 2.25. The van der Waals surface area contributed by atoms with Gasteiger partial charge in [-0.3, -0.25) is 4.72 Å². The second kappa shape index (κ2) is 8.61. The summed E-state index contributed by atoms with van der Waals surface area (Å²) < 4.78 is 47.7.